The van der Waals surface area contributed by atoms with E-state index in [-0.39, 0.29) is 18.1 Å². The molecule has 5 heteroatoms. The van der Waals surface area contributed by atoms with Crippen LogP contribution in [0.25, 0.3) is 0 Å². The number of likely N-dealkylation sites (tertiary alicyclic amines) is 1. The van der Waals surface area contributed by atoms with Crippen molar-refractivity contribution in [2.45, 2.75) is 37.4 Å². The molecule has 4 rings (SSSR count). The van der Waals surface area contributed by atoms with E-state index in [2.05, 4.69) is 11.1 Å². The zero-order valence-electron chi connectivity index (χ0n) is 11.3. The summed E-state index contributed by atoms with van der Waals surface area (Å²) in [5, 5.41) is 0. The second kappa shape index (κ2) is 4.74. The first-order valence-corrected chi connectivity index (χ1v) is 7.32. The van der Waals surface area contributed by atoms with Crippen molar-refractivity contribution in [1.29, 1.82) is 0 Å². The molecule has 1 aromatic heterocycles. The van der Waals surface area contributed by atoms with Gasteiger partial charge in [-0.3, -0.25) is 4.79 Å². The van der Waals surface area contributed by atoms with Gasteiger partial charge in [0.2, 0.25) is 5.88 Å². The Morgan fingerprint density at radius 3 is 2.85 bits per heavy atom. The number of carbonyl (C=O) groups excluding carboxylic acids is 1. The van der Waals surface area contributed by atoms with Crippen LogP contribution in [0.3, 0.4) is 0 Å². The molecular weight excluding hydrogens is 256 g/mol. The van der Waals surface area contributed by atoms with Crippen LogP contribution in [0.2, 0.25) is 0 Å². The molecule has 0 aromatic carbocycles. The zero-order chi connectivity index (χ0) is 13.5. The van der Waals surface area contributed by atoms with E-state index >= 15 is 0 Å². The van der Waals surface area contributed by atoms with Crippen LogP contribution in [0, 0.1) is 0 Å². The molecule has 3 heterocycles. The monoisotopic (exact) mass is 274 g/mol. The Morgan fingerprint density at radius 1 is 1.35 bits per heavy atom. The van der Waals surface area contributed by atoms with Gasteiger partial charge in [-0.15, -0.1) is 0 Å². The maximum Gasteiger partial charge on any atom is 0.254 e. The number of aromatic nitrogens is 1. The first-order valence-electron chi connectivity index (χ1n) is 7.32. The molecule has 2 atom stereocenters. The molecule has 1 aromatic rings. The summed E-state index contributed by atoms with van der Waals surface area (Å²) >= 11 is 0. The van der Waals surface area contributed by atoms with E-state index in [0.717, 1.165) is 18.9 Å². The Morgan fingerprint density at radius 2 is 2.20 bits per heavy atom. The predicted molar refractivity (Wildman–Crippen MR) is 71.6 cm³/mol. The van der Waals surface area contributed by atoms with Gasteiger partial charge in [-0.1, -0.05) is 6.07 Å². The normalized spacial score (nSPS) is 28.5. The number of ether oxygens (including phenoxy) is 2. The third-order valence-corrected chi connectivity index (χ3v) is 4.16. The van der Waals surface area contributed by atoms with E-state index in [1.165, 1.54) is 18.4 Å². The summed E-state index contributed by atoms with van der Waals surface area (Å²) in [4.78, 5) is 18.1. The minimum absolute atomic E-state index is 0.0528. The van der Waals surface area contributed by atoms with Crippen molar-refractivity contribution in [3.8, 4) is 5.88 Å². The first kappa shape index (κ1) is 12.1. The summed E-state index contributed by atoms with van der Waals surface area (Å²) in [6.07, 6.45) is 5.21. The van der Waals surface area contributed by atoms with Crippen LogP contribution in [-0.2, 0) is 9.53 Å². The predicted octanol–water partition coefficient (Wildman–Crippen LogP) is 1.34. The summed E-state index contributed by atoms with van der Waals surface area (Å²) in [5.41, 5.74) is 1.31. The van der Waals surface area contributed by atoms with Gasteiger partial charge in [0, 0.05) is 25.2 Å². The van der Waals surface area contributed by atoms with Crippen molar-refractivity contribution in [3.63, 3.8) is 0 Å². The lowest BCUT2D eigenvalue weighted by atomic mass is 10.2. The minimum Gasteiger partial charge on any atom is -0.472 e. The molecular formula is C15H18N2O3. The molecule has 3 fully saturated rings. The molecule has 2 saturated heterocycles. The van der Waals surface area contributed by atoms with Gasteiger partial charge in [-0.25, -0.2) is 4.98 Å². The van der Waals surface area contributed by atoms with Gasteiger partial charge in [-0.05, 0) is 24.3 Å². The third kappa shape index (κ3) is 2.50. The molecule has 0 N–H and O–H groups in total. The molecule has 1 amide bonds. The molecule has 5 nitrogen and oxygen atoms in total. The number of hydrogen-bond acceptors (Lipinski definition) is 4. The largest absolute Gasteiger partial charge is 0.472 e. The highest BCUT2D eigenvalue weighted by Gasteiger charge is 2.38. The molecule has 0 spiro atoms. The van der Waals surface area contributed by atoms with Crippen molar-refractivity contribution < 1.29 is 14.3 Å². The van der Waals surface area contributed by atoms with Crippen LogP contribution in [0.5, 0.6) is 5.88 Å². The number of pyridine rings is 1. The highest BCUT2D eigenvalue weighted by atomic mass is 16.6. The van der Waals surface area contributed by atoms with Crippen LogP contribution in [0.4, 0.5) is 0 Å². The van der Waals surface area contributed by atoms with Crippen LogP contribution >= 0.6 is 0 Å². The minimum atomic E-state index is -0.190. The molecule has 1 saturated carbocycles. The third-order valence-electron chi connectivity index (χ3n) is 4.16. The number of rotatable bonds is 4. The number of hydrogen-bond donors (Lipinski definition) is 0. The topological polar surface area (TPSA) is 55.0 Å². The standard InChI is InChI=1S/C15H18N2O3/c18-15(13-9-19-13)17-6-5-12(8-17)20-14-4-3-11(7-16-14)10-1-2-10/h3-4,7,10,12-13H,1-2,5-6,8-9H2. The lowest BCUT2D eigenvalue weighted by molar-refractivity contribution is -0.131. The van der Waals surface area contributed by atoms with Gasteiger partial charge < -0.3 is 14.4 Å². The van der Waals surface area contributed by atoms with Gasteiger partial charge in [0.05, 0.1) is 13.2 Å². The Labute approximate surface area is 117 Å². The van der Waals surface area contributed by atoms with E-state index in [0.29, 0.717) is 19.0 Å². The van der Waals surface area contributed by atoms with Crippen molar-refractivity contribution in [2.75, 3.05) is 19.7 Å². The summed E-state index contributed by atoms with van der Waals surface area (Å²) in [7, 11) is 0. The Kier molecular flexibility index (Phi) is 2.88. The van der Waals surface area contributed by atoms with E-state index in [9.17, 15) is 4.79 Å². The van der Waals surface area contributed by atoms with Crippen LogP contribution < -0.4 is 4.74 Å². The Bertz CT molecular complexity index is 508. The van der Waals surface area contributed by atoms with Gasteiger partial charge >= 0.3 is 0 Å². The van der Waals surface area contributed by atoms with Gasteiger partial charge in [0.25, 0.3) is 5.91 Å². The summed E-state index contributed by atoms with van der Waals surface area (Å²) in [5.74, 6) is 1.49. The highest BCUT2D eigenvalue weighted by Crippen LogP contribution is 2.39. The van der Waals surface area contributed by atoms with Gasteiger partial charge in [0.1, 0.15) is 6.10 Å². The molecule has 2 aliphatic heterocycles. The maximum atomic E-state index is 11.9. The van der Waals surface area contributed by atoms with Crippen molar-refractivity contribution in [3.05, 3.63) is 23.9 Å². The maximum absolute atomic E-state index is 11.9. The van der Waals surface area contributed by atoms with E-state index in [4.69, 9.17) is 9.47 Å². The second-order valence-corrected chi connectivity index (χ2v) is 5.84. The lowest BCUT2D eigenvalue weighted by Gasteiger charge is -2.16. The number of carbonyl (C=O) groups is 1. The fourth-order valence-corrected chi connectivity index (χ4v) is 2.71. The van der Waals surface area contributed by atoms with Crippen molar-refractivity contribution >= 4 is 5.91 Å². The first-order chi connectivity index (χ1) is 9.79. The average molecular weight is 274 g/mol. The lowest BCUT2D eigenvalue weighted by Crippen LogP contribution is -2.34. The van der Waals surface area contributed by atoms with E-state index in [1.807, 2.05) is 17.2 Å². The second-order valence-electron chi connectivity index (χ2n) is 5.84. The van der Waals surface area contributed by atoms with Gasteiger partial charge in [0.15, 0.2) is 6.10 Å². The fourth-order valence-electron chi connectivity index (χ4n) is 2.71. The molecule has 1 aliphatic carbocycles. The van der Waals surface area contributed by atoms with Crippen LogP contribution in [0.15, 0.2) is 18.3 Å². The molecule has 0 radical (unpaired) electrons. The average Bonchev–Trinajstić information content (AvgIpc) is 3.36. The Hall–Kier alpha value is -1.62. The summed E-state index contributed by atoms with van der Waals surface area (Å²) in [6, 6.07) is 4.05. The molecule has 3 aliphatic rings. The summed E-state index contributed by atoms with van der Waals surface area (Å²) in [6.45, 7) is 1.97. The molecule has 106 valence electrons. The number of epoxide rings is 1. The Balaban J connectivity index is 1.33. The van der Waals surface area contributed by atoms with Crippen molar-refractivity contribution in [2.24, 2.45) is 0 Å². The summed E-state index contributed by atoms with van der Waals surface area (Å²) < 4.78 is 10.9. The quantitative estimate of drug-likeness (QED) is 0.777. The molecule has 20 heavy (non-hydrogen) atoms. The molecule has 2 unspecified atom stereocenters. The fraction of sp³-hybridized carbons (Fsp3) is 0.600. The molecule has 0 bridgehead atoms. The number of amides is 1. The smallest absolute Gasteiger partial charge is 0.254 e. The van der Waals surface area contributed by atoms with Crippen LogP contribution in [0.1, 0.15) is 30.7 Å². The SMILES string of the molecule is O=C(C1CO1)N1CCC(Oc2ccc(C3CC3)cn2)C1. The van der Waals surface area contributed by atoms with E-state index < -0.39 is 0 Å². The van der Waals surface area contributed by atoms with Crippen LogP contribution in [-0.4, -0.2) is 47.7 Å². The zero-order valence-corrected chi connectivity index (χ0v) is 11.3. The van der Waals surface area contributed by atoms with Crippen molar-refractivity contribution in [1.82, 2.24) is 9.88 Å². The highest BCUT2D eigenvalue weighted by molar-refractivity contribution is 5.83. The van der Waals surface area contributed by atoms with Gasteiger partial charge in [-0.2, -0.15) is 0 Å². The number of nitrogens with zero attached hydrogens (tertiary/aromatic N) is 2. The van der Waals surface area contributed by atoms with E-state index in [1.54, 1.807) is 0 Å².